The molecule has 1 heterocycles. The molecule has 0 radical (unpaired) electrons. The van der Waals surface area contributed by atoms with Gasteiger partial charge in [0.25, 0.3) is 0 Å². The van der Waals surface area contributed by atoms with E-state index in [4.69, 9.17) is 14.2 Å². The summed E-state index contributed by atoms with van der Waals surface area (Å²) in [5.74, 6) is -0.283. The Kier molecular flexibility index (Phi) is 7.55. The number of hydrogen-bond acceptors (Lipinski definition) is 6. The monoisotopic (exact) mass is 417 g/mol. The topological polar surface area (TPSA) is 77.0 Å². The number of benzene rings is 2. The molecule has 0 aromatic heterocycles. The molecule has 156 valence electrons. The summed E-state index contributed by atoms with van der Waals surface area (Å²) in [6, 6.07) is 19.0. The van der Waals surface area contributed by atoms with Crippen LogP contribution in [0.15, 0.2) is 65.6 Å². The first-order valence-electron chi connectivity index (χ1n) is 9.58. The molecule has 2 aromatic carbocycles. The summed E-state index contributed by atoms with van der Waals surface area (Å²) in [7, 11) is 0. The summed E-state index contributed by atoms with van der Waals surface area (Å²) in [5, 5.41) is 12.6. The molecule has 3 rings (SSSR count). The van der Waals surface area contributed by atoms with Crippen LogP contribution in [0.25, 0.3) is 0 Å². The number of aliphatic hydroxyl groups is 1. The van der Waals surface area contributed by atoms with Gasteiger partial charge in [-0.05, 0) is 31.5 Å². The maximum absolute atomic E-state index is 12.4. The molecule has 0 spiro atoms. The first kappa shape index (κ1) is 21.6. The van der Waals surface area contributed by atoms with Crippen LogP contribution in [0.3, 0.4) is 0 Å². The number of amides is 1. The average molecular weight is 418 g/mol. The lowest BCUT2D eigenvalue weighted by molar-refractivity contribution is -0.150. The molecule has 3 atom stereocenters. The molecule has 1 aliphatic heterocycles. The lowest BCUT2D eigenvalue weighted by Gasteiger charge is -2.26. The van der Waals surface area contributed by atoms with Crippen LogP contribution in [0.5, 0.6) is 0 Å². The van der Waals surface area contributed by atoms with Crippen molar-refractivity contribution in [2.45, 2.75) is 49.4 Å². The first-order chi connectivity index (χ1) is 14.0. The van der Waals surface area contributed by atoms with Crippen LogP contribution >= 0.6 is 11.8 Å². The third-order valence-corrected chi connectivity index (χ3v) is 5.62. The molecule has 1 fully saturated rings. The summed E-state index contributed by atoms with van der Waals surface area (Å²) in [6.07, 6.45) is -1.55. The van der Waals surface area contributed by atoms with Gasteiger partial charge in [0.05, 0.1) is 12.6 Å². The number of thioether (sulfide) groups is 1. The summed E-state index contributed by atoms with van der Waals surface area (Å²) in [4.78, 5) is 13.5. The summed E-state index contributed by atoms with van der Waals surface area (Å²) < 4.78 is 17.2. The standard InChI is InChI=1S/C22H27NO5S/c1-22(2)27-19(13-24)20(28-22)18(15-29-17-11-7-4-8-12-17)23-21(25)26-14-16-9-5-3-6-10-16/h3-12,18-20,24H,13-15H2,1-2H3,(H,23,25)/t18-,19+,20+/m1/s1. The molecule has 0 bridgehead atoms. The minimum Gasteiger partial charge on any atom is -0.445 e. The molecular weight excluding hydrogens is 390 g/mol. The largest absolute Gasteiger partial charge is 0.445 e. The highest BCUT2D eigenvalue weighted by Gasteiger charge is 2.45. The van der Waals surface area contributed by atoms with Crippen molar-refractivity contribution in [2.24, 2.45) is 0 Å². The molecule has 1 amide bonds. The van der Waals surface area contributed by atoms with E-state index in [1.807, 2.05) is 60.7 Å². The van der Waals surface area contributed by atoms with Crippen LogP contribution in [0, 0.1) is 0 Å². The number of ether oxygens (including phenoxy) is 3. The average Bonchev–Trinajstić information content (AvgIpc) is 3.05. The zero-order valence-electron chi connectivity index (χ0n) is 16.6. The van der Waals surface area contributed by atoms with Gasteiger partial charge >= 0.3 is 6.09 Å². The summed E-state index contributed by atoms with van der Waals surface area (Å²) >= 11 is 1.60. The van der Waals surface area contributed by atoms with Crippen molar-refractivity contribution in [3.05, 3.63) is 66.2 Å². The molecular formula is C22H27NO5S. The molecule has 6 nitrogen and oxygen atoms in total. The number of alkyl carbamates (subject to hydrolysis) is 1. The maximum Gasteiger partial charge on any atom is 0.407 e. The van der Waals surface area contributed by atoms with Gasteiger partial charge in [-0.25, -0.2) is 4.79 Å². The molecule has 2 aromatic rings. The van der Waals surface area contributed by atoms with Gasteiger partial charge < -0.3 is 24.6 Å². The molecule has 1 aliphatic rings. The molecule has 0 saturated carbocycles. The smallest absolute Gasteiger partial charge is 0.407 e. The van der Waals surface area contributed by atoms with Crippen molar-refractivity contribution in [1.82, 2.24) is 5.32 Å². The Morgan fingerprint density at radius 2 is 1.79 bits per heavy atom. The van der Waals surface area contributed by atoms with Crippen molar-refractivity contribution in [3.63, 3.8) is 0 Å². The molecule has 7 heteroatoms. The number of carbonyl (C=O) groups excluding carboxylic acids is 1. The van der Waals surface area contributed by atoms with Crippen LogP contribution < -0.4 is 5.32 Å². The third-order valence-electron chi connectivity index (χ3n) is 4.49. The van der Waals surface area contributed by atoms with Crippen LogP contribution in [0.4, 0.5) is 4.79 Å². The van der Waals surface area contributed by atoms with Gasteiger partial charge in [-0.2, -0.15) is 0 Å². The van der Waals surface area contributed by atoms with E-state index in [-0.39, 0.29) is 13.2 Å². The van der Waals surface area contributed by atoms with Gasteiger partial charge in [0.15, 0.2) is 5.79 Å². The van der Waals surface area contributed by atoms with E-state index in [9.17, 15) is 9.90 Å². The molecule has 2 N–H and O–H groups in total. The summed E-state index contributed by atoms with van der Waals surface area (Å²) in [6.45, 7) is 3.58. The highest BCUT2D eigenvalue weighted by molar-refractivity contribution is 7.99. The fraction of sp³-hybridized carbons (Fsp3) is 0.409. The zero-order chi connectivity index (χ0) is 20.7. The first-order valence-corrected chi connectivity index (χ1v) is 10.6. The number of aliphatic hydroxyl groups excluding tert-OH is 1. The second kappa shape index (κ2) is 10.1. The molecule has 1 saturated heterocycles. The number of carbonyl (C=O) groups is 1. The Hall–Kier alpha value is -2.06. The molecule has 0 aliphatic carbocycles. The van der Waals surface area contributed by atoms with Crippen molar-refractivity contribution in [1.29, 1.82) is 0 Å². The van der Waals surface area contributed by atoms with Crippen molar-refractivity contribution < 1.29 is 24.1 Å². The Labute approximate surface area is 175 Å². The third kappa shape index (κ3) is 6.47. The number of nitrogens with one attached hydrogen (secondary N) is 1. The Balaban J connectivity index is 1.65. The van der Waals surface area contributed by atoms with E-state index in [0.29, 0.717) is 5.75 Å². The van der Waals surface area contributed by atoms with E-state index < -0.39 is 30.1 Å². The minimum absolute atomic E-state index is 0.183. The quantitative estimate of drug-likeness (QED) is 0.640. The number of hydrogen-bond donors (Lipinski definition) is 2. The van der Waals surface area contributed by atoms with Gasteiger partial charge in [0.2, 0.25) is 0 Å². The highest BCUT2D eigenvalue weighted by atomic mass is 32.2. The predicted molar refractivity (Wildman–Crippen MR) is 112 cm³/mol. The van der Waals surface area contributed by atoms with Gasteiger partial charge in [-0.3, -0.25) is 0 Å². The lowest BCUT2D eigenvalue weighted by atomic mass is 10.1. The molecule has 0 unspecified atom stereocenters. The second-order valence-electron chi connectivity index (χ2n) is 7.26. The normalized spacial score (nSPS) is 21.5. The Morgan fingerprint density at radius 3 is 2.45 bits per heavy atom. The zero-order valence-corrected chi connectivity index (χ0v) is 17.4. The Bertz CT molecular complexity index is 771. The number of rotatable bonds is 8. The fourth-order valence-corrected chi connectivity index (χ4v) is 4.18. The fourth-order valence-electron chi connectivity index (χ4n) is 3.18. The van der Waals surface area contributed by atoms with Crippen molar-refractivity contribution in [3.8, 4) is 0 Å². The van der Waals surface area contributed by atoms with Gasteiger partial charge in [0.1, 0.15) is 18.8 Å². The van der Waals surface area contributed by atoms with Crippen molar-refractivity contribution >= 4 is 17.9 Å². The van der Waals surface area contributed by atoms with Crippen LogP contribution in [-0.2, 0) is 20.8 Å². The van der Waals surface area contributed by atoms with E-state index in [0.717, 1.165) is 10.5 Å². The highest BCUT2D eigenvalue weighted by Crippen LogP contribution is 2.31. The van der Waals surface area contributed by atoms with Crippen LogP contribution in [0.2, 0.25) is 0 Å². The van der Waals surface area contributed by atoms with E-state index >= 15 is 0 Å². The summed E-state index contributed by atoms with van der Waals surface area (Å²) in [5.41, 5.74) is 0.910. The van der Waals surface area contributed by atoms with Gasteiger partial charge in [-0.1, -0.05) is 48.5 Å². The second-order valence-corrected chi connectivity index (χ2v) is 8.35. The van der Waals surface area contributed by atoms with E-state index in [1.54, 1.807) is 25.6 Å². The van der Waals surface area contributed by atoms with Crippen LogP contribution in [-0.4, -0.2) is 47.6 Å². The van der Waals surface area contributed by atoms with Gasteiger partial charge in [-0.15, -0.1) is 11.8 Å². The maximum atomic E-state index is 12.4. The van der Waals surface area contributed by atoms with Crippen LogP contribution in [0.1, 0.15) is 19.4 Å². The molecule has 29 heavy (non-hydrogen) atoms. The van der Waals surface area contributed by atoms with Gasteiger partial charge in [0, 0.05) is 10.6 Å². The minimum atomic E-state index is -0.830. The SMILES string of the molecule is CC1(C)O[C@@H]([C@@H](CSc2ccccc2)NC(=O)OCc2ccccc2)[C@H](CO)O1. The predicted octanol–water partition coefficient (Wildman–Crippen LogP) is 3.59. The van der Waals surface area contributed by atoms with E-state index in [2.05, 4.69) is 5.32 Å². The Morgan fingerprint density at radius 1 is 1.14 bits per heavy atom. The lowest BCUT2D eigenvalue weighted by Crippen LogP contribution is -2.50. The van der Waals surface area contributed by atoms with E-state index in [1.165, 1.54) is 0 Å². The van der Waals surface area contributed by atoms with Crippen molar-refractivity contribution in [2.75, 3.05) is 12.4 Å².